The average molecular weight is 288 g/mol. The van der Waals surface area contributed by atoms with Crippen molar-refractivity contribution in [1.29, 1.82) is 0 Å². The van der Waals surface area contributed by atoms with E-state index in [2.05, 4.69) is 4.74 Å². The van der Waals surface area contributed by atoms with E-state index < -0.39 is 12.8 Å². The van der Waals surface area contributed by atoms with Crippen LogP contribution in [0.5, 0.6) is 0 Å². The van der Waals surface area contributed by atoms with E-state index in [9.17, 15) is 18.0 Å². The van der Waals surface area contributed by atoms with Crippen LogP contribution in [-0.4, -0.2) is 31.8 Å². The molecule has 1 amide bonds. The second-order valence-corrected chi connectivity index (χ2v) is 4.60. The number of rotatable bonds is 4. The summed E-state index contributed by atoms with van der Waals surface area (Å²) in [6.07, 6.45) is -3.72. The summed E-state index contributed by atoms with van der Waals surface area (Å²) < 4.78 is 40.1. The number of nitrogen functional groups attached to an aromatic ring is 1. The minimum absolute atomic E-state index is 0.0790. The number of nitrogens with zero attached hydrogens (tertiary/aromatic N) is 1. The van der Waals surface area contributed by atoms with Gasteiger partial charge in [0.05, 0.1) is 13.0 Å². The Morgan fingerprint density at radius 1 is 1.40 bits per heavy atom. The molecule has 1 aliphatic rings. The van der Waals surface area contributed by atoms with E-state index in [1.807, 2.05) is 6.07 Å². The van der Waals surface area contributed by atoms with Crippen LogP contribution < -0.4 is 10.6 Å². The Kier molecular flexibility index (Phi) is 4.17. The van der Waals surface area contributed by atoms with Crippen molar-refractivity contribution in [2.45, 2.75) is 19.0 Å². The first-order valence-electron chi connectivity index (χ1n) is 6.20. The standard InChI is InChI=1S/C13H15F3N2O2/c14-13(15,16)8-20-6-4-12(19)18-5-3-9-1-2-10(17)7-11(9)18/h1-2,7H,3-6,8,17H2. The number of fused-ring (bicyclic) bond motifs is 1. The molecule has 7 heteroatoms. The molecule has 110 valence electrons. The summed E-state index contributed by atoms with van der Waals surface area (Å²) >= 11 is 0. The molecule has 0 saturated heterocycles. The monoisotopic (exact) mass is 288 g/mol. The third kappa shape index (κ3) is 3.63. The second-order valence-electron chi connectivity index (χ2n) is 4.60. The third-order valence-electron chi connectivity index (χ3n) is 3.03. The van der Waals surface area contributed by atoms with Gasteiger partial charge in [-0.05, 0) is 24.1 Å². The molecule has 1 aromatic rings. The van der Waals surface area contributed by atoms with Gasteiger partial charge < -0.3 is 15.4 Å². The summed E-state index contributed by atoms with van der Waals surface area (Å²) in [5.41, 5.74) is 7.99. The third-order valence-corrected chi connectivity index (χ3v) is 3.03. The number of carbonyl (C=O) groups is 1. The molecule has 0 atom stereocenters. The Hall–Kier alpha value is -1.76. The minimum Gasteiger partial charge on any atom is -0.399 e. The molecule has 0 spiro atoms. The lowest BCUT2D eigenvalue weighted by Crippen LogP contribution is -2.30. The molecule has 1 aromatic carbocycles. The molecule has 2 N–H and O–H groups in total. The predicted molar refractivity (Wildman–Crippen MR) is 68.4 cm³/mol. The summed E-state index contributed by atoms with van der Waals surface area (Å²) in [5.74, 6) is -0.253. The molecule has 0 aliphatic carbocycles. The van der Waals surface area contributed by atoms with Gasteiger partial charge in [0.1, 0.15) is 6.61 Å². The van der Waals surface area contributed by atoms with Crippen LogP contribution in [0.3, 0.4) is 0 Å². The van der Waals surface area contributed by atoms with Gasteiger partial charge in [0.25, 0.3) is 0 Å². The molecule has 1 heterocycles. The van der Waals surface area contributed by atoms with Gasteiger partial charge in [-0.1, -0.05) is 6.07 Å². The van der Waals surface area contributed by atoms with Crippen molar-refractivity contribution in [3.8, 4) is 0 Å². The quantitative estimate of drug-likeness (QED) is 0.682. The predicted octanol–water partition coefficient (Wildman–Crippen LogP) is 2.13. The number of alkyl halides is 3. The highest BCUT2D eigenvalue weighted by Gasteiger charge is 2.28. The van der Waals surface area contributed by atoms with E-state index in [0.29, 0.717) is 12.2 Å². The highest BCUT2D eigenvalue weighted by Crippen LogP contribution is 2.30. The van der Waals surface area contributed by atoms with Gasteiger partial charge in [-0.25, -0.2) is 0 Å². The fraction of sp³-hybridized carbons (Fsp3) is 0.462. The Morgan fingerprint density at radius 2 is 2.15 bits per heavy atom. The summed E-state index contributed by atoms with van der Waals surface area (Å²) in [7, 11) is 0. The zero-order valence-corrected chi connectivity index (χ0v) is 10.7. The van der Waals surface area contributed by atoms with E-state index in [4.69, 9.17) is 5.73 Å². The minimum atomic E-state index is -4.36. The summed E-state index contributed by atoms with van der Waals surface area (Å²) in [5, 5.41) is 0. The van der Waals surface area contributed by atoms with Gasteiger partial charge in [-0.2, -0.15) is 13.2 Å². The molecule has 0 saturated carbocycles. The summed E-state index contributed by atoms with van der Waals surface area (Å²) in [6, 6.07) is 5.33. The van der Waals surface area contributed by atoms with Crippen LogP contribution in [0.2, 0.25) is 0 Å². The molecule has 0 unspecified atom stereocenters. The van der Waals surface area contributed by atoms with Crippen LogP contribution in [0.15, 0.2) is 18.2 Å². The van der Waals surface area contributed by atoms with E-state index in [1.54, 1.807) is 17.0 Å². The van der Waals surface area contributed by atoms with Crippen LogP contribution in [0.4, 0.5) is 24.5 Å². The molecule has 0 aromatic heterocycles. The van der Waals surface area contributed by atoms with E-state index >= 15 is 0 Å². The van der Waals surface area contributed by atoms with Gasteiger partial charge in [0.2, 0.25) is 5.91 Å². The molecular weight excluding hydrogens is 273 g/mol. The number of anilines is 2. The topological polar surface area (TPSA) is 55.6 Å². The summed E-state index contributed by atoms with van der Waals surface area (Å²) in [6.45, 7) is -1.05. The van der Waals surface area contributed by atoms with Crippen molar-refractivity contribution in [1.82, 2.24) is 0 Å². The van der Waals surface area contributed by atoms with Gasteiger partial charge in [0.15, 0.2) is 0 Å². The molecule has 0 radical (unpaired) electrons. The zero-order chi connectivity index (χ0) is 14.8. The SMILES string of the molecule is Nc1ccc2c(c1)N(C(=O)CCOCC(F)(F)F)CC2. The first kappa shape index (κ1) is 14.6. The maximum absolute atomic E-state index is 12.0. The van der Waals surface area contributed by atoms with E-state index in [-0.39, 0.29) is 18.9 Å². The van der Waals surface area contributed by atoms with Crippen molar-refractivity contribution in [3.63, 3.8) is 0 Å². The first-order chi connectivity index (χ1) is 9.37. The van der Waals surface area contributed by atoms with Crippen molar-refractivity contribution in [2.75, 3.05) is 30.4 Å². The fourth-order valence-corrected chi connectivity index (χ4v) is 2.14. The van der Waals surface area contributed by atoms with Gasteiger partial charge in [-0.3, -0.25) is 4.79 Å². The highest BCUT2D eigenvalue weighted by atomic mass is 19.4. The molecule has 1 aliphatic heterocycles. The van der Waals surface area contributed by atoms with Crippen molar-refractivity contribution < 1.29 is 22.7 Å². The maximum atomic E-state index is 12.0. The zero-order valence-electron chi connectivity index (χ0n) is 10.7. The number of amides is 1. The van der Waals surface area contributed by atoms with Crippen molar-refractivity contribution >= 4 is 17.3 Å². The second kappa shape index (κ2) is 5.70. The lowest BCUT2D eigenvalue weighted by Gasteiger charge is -2.17. The van der Waals surface area contributed by atoms with Crippen LogP contribution in [-0.2, 0) is 16.0 Å². The Balaban J connectivity index is 1.88. The largest absolute Gasteiger partial charge is 0.411 e. The maximum Gasteiger partial charge on any atom is 0.411 e. The van der Waals surface area contributed by atoms with Crippen molar-refractivity contribution in [2.24, 2.45) is 0 Å². The van der Waals surface area contributed by atoms with Crippen LogP contribution in [0.25, 0.3) is 0 Å². The van der Waals surface area contributed by atoms with Gasteiger partial charge in [-0.15, -0.1) is 0 Å². The molecule has 0 bridgehead atoms. The fourth-order valence-electron chi connectivity index (χ4n) is 2.14. The molecular formula is C13H15F3N2O2. The lowest BCUT2D eigenvalue weighted by molar-refractivity contribution is -0.174. The Labute approximate surface area is 114 Å². The number of nitrogens with two attached hydrogens (primary N) is 1. The van der Waals surface area contributed by atoms with Crippen LogP contribution >= 0.6 is 0 Å². The smallest absolute Gasteiger partial charge is 0.399 e. The number of benzene rings is 1. The average Bonchev–Trinajstić information content (AvgIpc) is 2.76. The molecule has 0 fully saturated rings. The first-order valence-corrected chi connectivity index (χ1v) is 6.20. The summed E-state index contributed by atoms with van der Waals surface area (Å²) in [4.78, 5) is 13.5. The molecule has 20 heavy (non-hydrogen) atoms. The Bertz CT molecular complexity index is 503. The molecule has 2 rings (SSSR count). The normalized spacial score (nSPS) is 14.4. The van der Waals surface area contributed by atoms with Gasteiger partial charge in [0, 0.05) is 17.9 Å². The van der Waals surface area contributed by atoms with Crippen LogP contribution in [0, 0.1) is 0 Å². The molecule has 4 nitrogen and oxygen atoms in total. The number of ether oxygens (including phenoxy) is 1. The van der Waals surface area contributed by atoms with E-state index in [1.165, 1.54) is 0 Å². The number of carbonyl (C=O) groups excluding carboxylic acids is 1. The lowest BCUT2D eigenvalue weighted by atomic mass is 10.1. The van der Waals surface area contributed by atoms with Crippen LogP contribution in [0.1, 0.15) is 12.0 Å². The number of halogens is 3. The number of hydrogen-bond donors (Lipinski definition) is 1. The number of hydrogen-bond acceptors (Lipinski definition) is 3. The van der Waals surface area contributed by atoms with Crippen molar-refractivity contribution in [3.05, 3.63) is 23.8 Å². The van der Waals surface area contributed by atoms with Gasteiger partial charge >= 0.3 is 6.18 Å². The van der Waals surface area contributed by atoms with E-state index in [0.717, 1.165) is 17.7 Å². The highest BCUT2D eigenvalue weighted by molar-refractivity contribution is 5.96. The Morgan fingerprint density at radius 3 is 2.85 bits per heavy atom.